The predicted octanol–water partition coefficient (Wildman–Crippen LogP) is 2.09. The molecule has 1 atom stereocenters. The van der Waals surface area contributed by atoms with E-state index in [4.69, 9.17) is 4.74 Å². The van der Waals surface area contributed by atoms with Crippen molar-refractivity contribution in [2.75, 3.05) is 31.1 Å². The molecular formula is C23H26N2O5. The maximum absolute atomic E-state index is 13.0. The number of rotatable bonds is 5. The molecule has 7 nitrogen and oxygen atoms in total. The number of benzene rings is 2. The van der Waals surface area contributed by atoms with Gasteiger partial charge in [0.1, 0.15) is 6.54 Å². The van der Waals surface area contributed by atoms with Crippen molar-refractivity contribution in [3.8, 4) is 0 Å². The highest BCUT2D eigenvalue weighted by molar-refractivity contribution is 5.98. The van der Waals surface area contributed by atoms with Crippen LogP contribution in [0.4, 0.5) is 5.69 Å². The summed E-state index contributed by atoms with van der Waals surface area (Å²) in [5.41, 5.74) is 1.82. The number of β-amino-alcohol motifs (C(OH)–C–C–N with tert-alkyl or cyclic N) is 1. The molecule has 0 aromatic heterocycles. The first-order chi connectivity index (χ1) is 14.5. The summed E-state index contributed by atoms with van der Waals surface area (Å²) in [4.78, 5) is 40.7. The van der Waals surface area contributed by atoms with Crippen molar-refractivity contribution in [1.82, 2.24) is 4.90 Å². The van der Waals surface area contributed by atoms with E-state index in [2.05, 4.69) is 0 Å². The molecule has 2 amide bonds. The lowest BCUT2D eigenvalue weighted by atomic mass is 10.1. The first kappa shape index (κ1) is 21.5. The van der Waals surface area contributed by atoms with Gasteiger partial charge in [-0.05, 0) is 18.6 Å². The summed E-state index contributed by atoms with van der Waals surface area (Å²) < 4.78 is 5.00. The third kappa shape index (κ3) is 5.24. The Morgan fingerprint density at radius 1 is 1.10 bits per heavy atom. The number of fused-ring (bicyclic) bond motifs is 1. The average molecular weight is 410 g/mol. The molecule has 30 heavy (non-hydrogen) atoms. The van der Waals surface area contributed by atoms with Crippen molar-refractivity contribution >= 4 is 23.5 Å². The van der Waals surface area contributed by atoms with Gasteiger partial charge in [-0.1, -0.05) is 48.5 Å². The van der Waals surface area contributed by atoms with Crippen LogP contribution >= 0.6 is 0 Å². The Kier molecular flexibility index (Phi) is 7.19. The third-order valence-electron chi connectivity index (χ3n) is 5.02. The van der Waals surface area contributed by atoms with E-state index >= 15 is 0 Å². The zero-order valence-corrected chi connectivity index (χ0v) is 17.0. The maximum atomic E-state index is 13.0. The molecule has 0 fully saturated rings. The zero-order chi connectivity index (χ0) is 21.5. The molecule has 2 aromatic carbocycles. The minimum Gasteiger partial charge on any atom is -0.465 e. The summed E-state index contributed by atoms with van der Waals surface area (Å²) in [6.45, 7) is 1.91. The number of anilines is 1. The van der Waals surface area contributed by atoms with Gasteiger partial charge in [0.05, 0.1) is 31.4 Å². The number of amides is 2. The fourth-order valence-electron chi connectivity index (χ4n) is 3.53. The number of hydrogen-bond donors (Lipinski definition) is 1. The Hall–Kier alpha value is -3.19. The molecule has 2 aromatic rings. The van der Waals surface area contributed by atoms with Gasteiger partial charge in [0.2, 0.25) is 11.8 Å². The van der Waals surface area contributed by atoms with Gasteiger partial charge in [-0.2, -0.15) is 0 Å². The lowest BCUT2D eigenvalue weighted by Crippen LogP contribution is -2.39. The number of esters is 1. The predicted molar refractivity (Wildman–Crippen MR) is 112 cm³/mol. The SMILES string of the molecule is CCOC(=O)CN1C(=O)CCN(C(=O)Cc2ccccc2)CC(O)c2ccccc21. The van der Waals surface area contributed by atoms with Crippen LogP contribution in [0.1, 0.15) is 30.6 Å². The van der Waals surface area contributed by atoms with Gasteiger partial charge >= 0.3 is 5.97 Å². The van der Waals surface area contributed by atoms with Crippen LogP contribution in [-0.2, 0) is 25.5 Å². The normalized spacial score (nSPS) is 16.9. The van der Waals surface area contributed by atoms with E-state index in [0.717, 1.165) is 5.56 Å². The van der Waals surface area contributed by atoms with Crippen molar-refractivity contribution < 1.29 is 24.2 Å². The highest BCUT2D eigenvalue weighted by Crippen LogP contribution is 2.29. The van der Waals surface area contributed by atoms with Crippen LogP contribution in [0.15, 0.2) is 54.6 Å². The minimum absolute atomic E-state index is 0.0426. The molecule has 3 rings (SSSR count). The molecule has 1 unspecified atom stereocenters. The van der Waals surface area contributed by atoms with Crippen LogP contribution < -0.4 is 4.90 Å². The molecule has 0 radical (unpaired) electrons. The summed E-state index contributed by atoms with van der Waals surface area (Å²) >= 11 is 0. The highest BCUT2D eigenvalue weighted by Gasteiger charge is 2.29. The largest absolute Gasteiger partial charge is 0.465 e. The van der Waals surface area contributed by atoms with Crippen molar-refractivity contribution in [2.45, 2.75) is 25.9 Å². The Bertz CT molecular complexity index is 899. The average Bonchev–Trinajstić information content (AvgIpc) is 2.79. The van der Waals surface area contributed by atoms with Crippen LogP contribution in [0.3, 0.4) is 0 Å². The van der Waals surface area contributed by atoms with Gasteiger partial charge in [-0.15, -0.1) is 0 Å². The Labute approximate surface area is 175 Å². The molecule has 7 heteroatoms. The summed E-state index contributed by atoms with van der Waals surface area (Å²) in [7, 11) is 0. The van der Waals surface area contributed by atoms with E-state index in [0.29, 0.717) is 11.3 Å². The van der Waals surface area contributed by atoms with Crippen LogP contribution in [0.2, 0.25) is 0 Å². The van der Waals surface area contributed by atoms with Gasteiger partial charge in [-0.3, -0.25) is 14.4 Å². The molecule has 1 aliphatic rings. The van der Waals surface area contributed by atoms with Gasteiger partial charge in [0.25, 0.3) is 0 Å². The van der Waals surface area contributed by atoms with E-state index < -0.39 is 12.1 Å². The van der Waals surface area contributed by atoms with Crippen LogP contribution in [-0.4, -0.2) is 54.0 Å². The number of aliphatic hydroxyl groups is 1. The van der Waals surface area contributed by atoms with Gasteiger partial charge < -0.3 is 19.6 Å². The lowest BCUT2D eigenvalue weighted by Gasteiger charge is -2.25. The fraction of sp³-hybridized carbons (Fsp3) is 0.348. The molecule has 1 N–H and O–H groups in total. The van der Waals surface area contributed by atoms with E-state index in [1.807, 2.05) is 30.3 Å². The van der Waals surface area contributed by atoms with E-state index in [1.165, 1.54) is 9.80 Å². The second-order valence-electron chi connectivity index (χ2n) is 7.11. The smallest absolute Gasteiger partial charge is 0.326 e. The Balaban J connectivity index is 1.86. The molecule has 1 heterocycles. The summed E-state index contributed by atoms with van der Waals surface area (Å²) in [5.74, 6) is -0.988. The van der Waals surface area contributed by atoms with E-state index in [-0.39, 0.29) is 50.9 Å². The minimum atomic E-state index is -0.989. The topological polar surface area (TPSA) is 87.2 Å². The van der Waals surface area contributed by atoms with E-state index in [1.54, 1.807) is 31.2 Å². The van der Waals surface area contributed by atoms with Gasteiger partial charge in [0, 0.05) is 18.5 Å². The first-order valence-electron chi connectivity index (χ1n) is 10.0. The second kappa shape index (κ2) is 10.0. The van der Waals surface area contributed by atoms with E-state index in [9.17, 15) is 19.5 Å². The van der Waals surface area contributed by atoms with Crippen LogP contribution in [0.5, 0.6) is 0 Å². The van der Waals surface area contributed by atoms with Crippen molar-refractivity contribution in [3.63, 3.8) is 0 Å². The molecule has 0 spiro atoms. The monoisotopic (exact) mass is 410 g/mol. The van der Waals surface area contributed by atoms with Crippen molar-refractivity contribution in [1.29, 1.82) is 0 Å². The Morgan fingerprint density at radius 3 is 2.53 bits per heavy atom. The van der Waals surface area contributed by atoms with Crippen LogP contribution in [0, 0.1) is 0 Å². The third-order valence-corrected chi connectivity index (χ3v) is 5.02. The summed E-state index contributed by atoms with van der Waals surface area (Å²) in [6, 6.07) is 16.2. The van der Waals surface area contributed by atoms with Crippen molar-refractivity contribution in [2.24, 2.45) is 0 Å². The molecule has 0 saturated carbocycles. The standard InChI is InChI=1S/C23H26N2O5/c1-2-30-23(29)16-25-19-11-7-6-10-18(19)20(26)15-24(13-12-21(25)27)22(28)14-17-8-4-3-5-9-17/h3-11,20,26H,2,12-16H2,1H3. The molecule has 0 bridgehead atoms. The number of ether oxygens (including phenoxy) is 1. The van der Waals surface area contributed by atoms with Gasteiger partial charge in [0.15, 0.2) is 0 Å². The quantitative estimate of drug-likeness (QED) is 0.763. The fourth-order valence-corrected chi connectivity index (χ4v) is 3.53. The number of nitrogens with zero attached hydrogens (tertiary/aromatic N) is 2. The van der Waals surface area contributed by atoms with Gasteiger partial charge in [-0.25, -0.2) is 0 Å². The number of aliphatic hydroxyl groups excluding tert-OH is 1. The number of hydrogen-bond acceptors (Lipinski definition) is 5. The molecule has 0 saturated heterocycles. The lowest BCUT2D eigenvalue weighted by molar-refractivity contribution is -0.142. The number of carbonyl (C=O) groups excluding carboxylic acids is 3. The first-order valence-corrected chi connectivity index (χ1v) is 10.0. The molecule has 158 valence electrons. The molecule has 1 aliphatic heterocycles. The van der Waals surface area contributed by atoms with Crippen molar-refractivity contribution in [3.05, 3.63) is 65.7 Å². The maximum Gasteiger partial charge on any atom is 0.326 e. The highest BCUT2D eigenvalue weighted by atomic mass is 16.5. The Morgan fingerprint density at radius 2 is 1.80 bits per heavy atom. The number of para-hydroxylation sites is 1. The van der Waals surface area contributed by atoms with Crippen LogP contribution in [0.25, 0.3) is 0 Å². The zero-order valence-electron chi connectivity index (χ0n) is 17.0. The summed E-state index contributed by atoms with van der Waals surface area (Å²) in [6.07, 6.45) is -0.756. The molecule has 0 aliphatic carbocycles. The molecular weight excluding hydrogens is 384 g/mol. The second-order valence-corrected chi connectivity index (χ2v) is 7.11. The number of carbonyl (C=O) groups is 3. The summed E-state index contributed by atoms with van der Waals surface area (Å²) in [5, 5.41) is 10.9.